The van der Waals surface area contributed by atoms with Crippen LogP contribution < -0.4 is 0 Å². The van der Waals surface area contributed by atoms with Crippen molar-refractivity contribution >= 4 is 12.0 Å². The molecule has 2 amide bonds. The second kappa shape index (κ2) is 6.61. The Morgan fingerprint density at radius 2 is 2.06 bits per heavy atom. The van der Waals surface area contributed by atoms with Crippen molar-refractivity contribution in [3.8, 4) is 0 Å². The molecule has 1 rings (SSSR count). The van der Waals surface area contributed by atoms with Crippen LogP contribution in [0.5, 0.6) is 0 Å². The van der Waals surface area contributed by atoms with E-state index in [4.69, 9.17) is 0 Å². The number of carbonyl (C=O) groups is 2. The summed E-state index contributed by atoms with van der Waals surface area (Å²) in [5.41, 5.74) is 0. The van der Waals surface area contributed by atoms with Gasteiger partial charge in [0.15, 0.2) is 0 Å². The number of carboxylic acid groups (broad SMARTS) is 1. The molecular weight excluding hydrogens is 232 g/mol. The fraction of sp³-hybridized carbons (Fsp3) is 0.846. The zero-order valence-corrected chi connectivity index (χ0v) is 11.6. The molecule has 1 aliphatic rings. The van der Waals surface area contributed by atoms with Crippen LogP contribution in [0.1, 0.15) is 40.0 Å². The van der Waals surface area contributed by atoms with Gasteiger partial charge in [-0.3, -0.25) is 0 Å². The normalized spacial score (nSPS) is 18.3. The van der Waals surface area contributed by atoms with Gasteiger partial charge >= 0.3 is 12.0 Å². The van der Waals surface area contributed by atoms with Gasteiger partial charge in [-0.2, -0.15) is 0 Å². The second-order valence-electron chi connectivity index (χ2n) is 5.20. The maximum absolute atomic E-state index is 12.3. The topological polar surface area (TPSA) is 60.9 Å². The molecule has 1 heterocycles. The highest BCUT2D eigenvalue weighted by Gasteiger charge is 2.36. The summed E-state index contributed by atoms with van der Waals surface area (Å²) in [4.78, 5) is 26.9. The third-order valence-corrected chi connectivity index (χ3v) is 3.35. The number of hydrogen-bond acceptors (Lipinski definition) is 2. The van der Waals surface area contributed by atoms with Crippen LogP contribution in [-0.4, -0.2) is 52.6 Å². The smallest absolute Gasteiger partial charge is 0.326 e. The van der Waals surface area contributed by atoms with Gasteiger partial charge in [-0.1, -0.05) is 27.2 Å². The summed E-state index contributed by atoms with van der Waals surface area (Å²) in [6, 6.07) is -0.822. The molecule has 0 spiro atoms. The first-order valence-corrected chi connectivity index (χ1v) is 6.77. The first-order chi connectivity index (χ1) is 8.49. The van der Waals surface area contributed by atoms with Crippen LogP contribution in [0.15, 0.2) is 0 Å². The second-order valence-corrected chi connectivity index (χ2v) is 5.20. The lowest BCUT2D eigenvalue weighted by molar-refractivity contribution is -0.144. The van der Waals surface area contributed by atoms with Crippen LogP contribution >= 0.6 is 0 Å². The molecule has 104 valence electrons. The van der Waals surface area contributed by atoms with Crippen molar-refractivity contribution in [3.05, 3.63) is 0 Å². The van der Waals surface area contributed by atoms with E-state index in [9.17, 15) is 14.7 Å². The Morgan fingerprint density at radius 3 is 2.56 bits per heavy atom. The molecule has 1 fully saturated rings. The van der Waals surface area contributed by atoms with Crippen LogP contribution in [0.4, 0.5) is 4.79 Å². The summed E-state index contributed by atoms with van der Waals surface area (Å²) in [7, 11) is 0. The van der Waals surface area contributed by atoms with Gasteiger partial charge in [-0.25, -0.2) is 9.59 Å². The third kappa shape index (κ3) is 3.37. The Hall–Kier alpha value is -1.26. The average molecular weight is 256 g/mol. The summed E-state index contributed by atoms with van der Waals surface area (Å²) in [5, 5.41) is 9.26. The van der Waals surface area contributed by atoms with E-state index < -0.39 is 12.0 Å². The van der Waals surface area contributed by atoms with E-state index in [1.54, 1.807) is 4.90 Å². The SMILES string of the molecule is CCCCN1CCCN(C(C(=O)O)C(C)C)C1=O. The van der Waals surface area contributed by atoms with Crippen molar-refractivity contribution in [1.82, 2.24) is 9.80 Å². The molecule has 0 aromatic heterocycles. The largest absolute Gasteiger partial charge is 0.480 e. The molecule has 1 atom stereocenters. The average Bonchev–Trinajstić information content (AvgIpc) is 2.29. The number of hydrogen-bond donors (Lipinski definition) is 1. The van der Waals surface area contributed by atoms with Crippen molar-refractivity contribution in [2.75, 3.05) is 19.6 Å². The van der Waals surface area contributed by atoms with Crippen LogP contribution in [0.2, 0.25) is 0 Å². The highest BCUT2D eigenvalue weighted by Crippen LogP contribution is 2.18. The first kappa shape index (κ1) is 14.8. The van der Waals surface area contributed by atoms with E-state index in [0.29, 0.717) is 6.54 Å². The highest BCUT2D eigenvalue weighted by molar-refractivity contribution is 5.83. The van der Waals surface area contributed by atoms with E-state index in [2.05, 4.69) is 6.92 Å². The van der Waals surface area contributed by atoms with Gasteiger partial charge in [0.2, 0.25) is 0 Å². The monoisotopic (exact) mass is 256 g/mol. The molecule has 1 saturated heterocycles. The minimum Gasteiger partial charge on any atom is -0.480 e. The molecular formula is C13H24N2O3. The Kier molecular flexibility index (Phi) is 5.44. The number of urea groups is 1. The van der Waals surface area contributed by atoms with E-state index in [-0.39, 0.29) is 11.9 Å². The van der Waals surface area contributed by atoms with Gasteiger partial charge < -0.3 is 14.9 Å². The standard InChI is InChI=1S/C13H24N2O3/c1-4-5-7-14-8-6-9-15(13(14)18)11(10(2)3)12(16)17/h10-11H,4-9H2,1-3H3,(H,16,17). The lowest BCUT2D eigenvalue weighted by Gasteiger charge is -2.40. The number of carboxylic acids is 1. The number of rotatable bonds is 6. The number of aliphatic carboxylic acids is 1. The van der Waals surface area contributed by atoms with Gasteiger partial charge in [0.05, 0.1) is 0 Å². The van der Waals surface area contributed by atoms with E-state index in [1.165, 1.54) is 4.90 Å². The van der Waals surface area contributed by atoms with Crippen LogP contribution in [-0.2, 0) is 4.79 Å². The molecule has 0 aliphatic carbocycles. The van der Waals surface area contributed by atoms with Gasteiger partial charge in [0.25, 0.3) is 0 Å². The molecule has 1 N–H and O–H groups in total. The fourth-order valence-electron chi connectivity index (χ4n) is 2.40. The van der Waals surface area contributed by atoms with Crippen molar-refractivity contribution in [1.29, 1.82) is 0 Å². The van der Waals surface area contributed by atoms with Crippen LogP contribution in [0.3, 0.4) is 0 Å². The molecule has 5 heteroatoms. The highest BCUT2D eigenvalue weighted by atomic mass is 16.4. The van der Waals surface area contributed by atoms with Crippen LogP contribution in [0.25, 0.3) is 0 Å². The summed E-state index contributed by atoms with van der Waals surface area (Å²) < 4.78 is 0. The summed E-state index contributed by atoms with van der Waals surface area (Å²) in [6.45, 7) is 7.81. The first-order valence-electron chi connectivity index (χ1n) is 6.77. The lowest BCUT2D eigenvalue weighted by Crippen LogP contribution is -2.57. The minimum atomic E-state index is -0.907. The van der Waals surface area contributed by atoms with E-state index >= 15 is 0 Å². The molecule has 5 nitrogen and oxygen atoms in total. The Balaban J connectivity index is 2.75. The molecule has 0 radical (unpaired) electrons. The zero-order valence-electron chi connectivity index (χ0n) is 11.6. The van der Waals surface area contributed by atoms with E-state index in [0.717, 1.165) is 32.4 Å². The maximum Gasteiger partial charge on any atom is 0.326 e. The fourth-order valence-corrected chi connectivity index (χ4v) is 2.40. The summed E-state index contributed by atoms with van der Waals surface area (Å²) >= 11 is 0. The molecule has 0 bridgehead atoms. The quantitative estimate of drug-likeness (QED) is 0.791. The Morgan fingerprint density at radius 1 is 1.39 bits per heavy atom. The molecule has 1 aliphatic heterocycles. The molecule has 1 unspecified atom stereocenters. The van der Waals surface area contributed by atoms with E-state index in [1.807, 2.05) is 13.8 Å². The molecule has 0 saturated carbocycles. The third-order valence-electron chi connectivity index (χ3n) is 3.35. The maximum atomic E-state index is 12.3. The number of carbonyl (C=O) groups excluding carboxylic acids is 1. The van der Waals surface area contributed by atoms with Gasteiger partial charge in [-0.05, 0) is 18.8 Å². The number of nitrogens with zero attached hydrogens (tertiary/aromatic N) is 2. The summed E-state index contributed by atoms with van der Waals surface area (Å²) in [5.74, 6) is -0.978. The van der Waals surface area contributed by atoms with Gasteiger partial charge in [-0.15, -0.1) is 0 Å². The minimum absolute atomic E-state index is 0.0717. The Labute approximate surface area is 109 Å². The molecule has 18 heavy (non-hydrogen) atoms. The molecule has 0 aromatic carbocycles. The molecule has 0 aromatic rings. The predicted molar refractivity (Wildman–Crippen MR) is 69.5 cm³/mol. The van der Waals surface area contributed by atoms with Gasteiger partial charge in [0.1, 0.15) is 6.04 Å². The predicted octanol–water partition coefficient (Wildman–Crippen LogP) is 2.02. The van der Waals surface area contributed by atoms with Crippen molar-refractivity contribution < 1.29 is 14.7 Å². The number of amides is 2. The summed E-state index contributed by atoms with van der Waals surface area (Å²) in [6.07, 6.45) is 2.86. The Bertz CT molecular complexity index is 305. The number of unbranched alkanes of at least 4 members (excludes halogenated alkanes) is 1. The van der Waals surface area contributed by atoms with Gasteiger partial charge in [0, 0.05) is 19.6 Å². The van der Waals surface area contributed by atoms with Crippen molar-refractivity contribution in [2.24, 2.45) is 5.92 Å². The lowest BCUT2D eigenvalue weighted by atomic mass is 10.0. The zero-order chi connectivity index (χ0) is 13.7. The van der Waals surface area contributed by atoms with Crippen molar-refractivity contribution in [3.63, 3.8) is 0 Å². The van der Waals surface area contributed by atoms with Crippen molar-refractivity contribution in [2.45, 2.75) is 46.1 Å². The van der Waals surface area contributed by atoms with Crippen LogP contribution in [0, 0.1) is 5.92 Å².